The van der Waals surface area contributed by atoms with E-state index in [2.05, 4.69) is 15.3 Å². The Kier molecular flexibility index (Phi) is 4.93. The normalized spacial score (nSPS) is 11.6. The van der Waals surface area contributed by atoms with Gasteiger partial charge in [-0.15, -0.1) is 0 Å². The SMILES string of the molecule is [N-]=[N+]=NCCNC(C(=O)O)c1cccc(F)c1. The lowest BCUT2D eigenvalue weighted by Gasteiger charge is -2.13. The third-order valence-electron chi connectivity index (χ3n) is 2.05. The van der Waals surface area contributed by atoms with E-state index >= 15 is 0 Å². The molecule has 17 heavy (non-hydrogen) atoms. The van der Waals surface area contributed by atoms with E-state index in [4.69, 9.17) is 10.6 Å². The topological polar surface area (TPSA) is 98.1 Å². The fraction of sp³-hybridized carbons (Fsp3) is 0.300. The molecule has 1 atom stereocenters. The molecule has 0 aliphatic heterocycles. The summed E-state index contributed by atoms with van der Waals surface area (Å²) in [5.74, 6) is -1.61. The molecule has 0 aliphatic rings. The Morgan fingerprint density at radius 3 is 3.00 bits per heavy atom. The van der Waals surface area contributed by atoms with Gasteiger partial charge >= 0.3 is 5.97 Å². The van der Waals surface area contributed by atoms with Crippen LogP contribution < -0.4 is 5.32 Å². The van der Waals surface area contributed by atoms with Gasteiger partial charge in [0.05, 0.1) is 0 Å². The van der Waals surface area contributed by atoms with Crippen molar-refractivity contribution in [1.82, 2.24) is 5.32 Å². The first-order valence-corrected chi connectivity index (χ1v) is 4.87. The Labute approximate surface area is 96.7 Å². The fourth-order valence-electron chi connectivity index (χ4n) is 1.34. The Bertz CT molecular complexity index is 446. The van der Waals surface area contributed by atoms with E-state index < -0.39 is 17.8 Å². The van der Waals surface area contributed by atoms with Crippen molar-refractivity contribution >= 4 is 5.97 Å². The Balaban J connectivity index is 2.72. The van der Waals surface area contributed by atoms with E-state index in [1.807, 2.05) is 0 Å². The van der Waals surface area contributed by atoms with Gasteiger partial charge in [0.1, 0.15) is 11.9 Å². The lowest BCUT2D eigenvalue weighted by atomic mass is 10.1. The molecule has 0 amide bonds. The van der Waals surface area contributed by atoms with Crippen LogP contribution in [0.5, 0.6) is 0 Å². The average Bonchev–Trinajstić information content (AvgIpc) is 2.28. The van der Waals surface area contributed by atoms with E-state index in [0.717, 1.165) is 6.07 Å². The molecule has 0 bridgehead atoms. The Hall–Kier alpha value is -2.11. The second-order valence-corrected chi connectivity index (χ2v) is 3.23. The molecule has 0 fully saturated rings. The minimum absolute atomic E-state index is 0.135. The lowest BCUT2D eigenvalue weighted by molar-refractivity contribution is -0.139. The monoisotopic (exact) mass is 238 g/mol. The number of nitrogens with zero attached hydrogens (tertiary/aromatic N) is 3. The average molecular weight is 238 g/mol. The molecule has 0 radical (unpaired) electrons. The maximum atomic E-state index is 12.9. The van der Waals surface area contributed by atoms with Gasteiger partial charge in [0, 0.05) is 18.0 Å². The molecule has 1 aromatic rings. The van der Waals surface area contributed by atoms with Crippen LogP contribution in [0.2, 0.25) is 0 Å². The van der Waals surface area contributed by atoms with Gasteiger partial charge in [0.25, 0.3) is 0 Å². The van der Waals surface area contributed by atoms with Crippen molar-refractivity contribution in [3.8, 4) is 0 Å². The van der Waals surface area contributed by atoms with Gasteiger partial charge in [-0.2, -0.15) is 0 Å². The summed E-state index contributed by atoms with van der Waals surface area (Å²) in [5, 5.41) is 14.9. The van der Waals surface area contributed by atoms with E-state index in [0.29, 0.717) is 5.56 Å². The first-order chi connectivity index (χ1) is 8.15. The molecule has 0 saturated heterocycles. The number of carbonyl (C=O) groups is 1. The largest absolute Gasteiger partial charge is 0.480 e. The number of hydrogen-bond acceptors (Lipinski definition) is 3. The number of azide groups is 1. The zero-order chi connectivity index (χ0) is 12.7. The molecule has 2 N–H and O–H groups in total. The van der Waals surface area contributed by atoms with E-state index in [-0.39, 0.29) is 13.1 Å². The second-order valence-electron chi connectivity index (χ2n) is 3.23. The minimum Gasteiger partial charge on any atom is -0.480 e. The van der Waals surface area contributed by atoms with Gasteiger partial charge in [-0.25, -0.2) is 4.39 Å². The van der Waals surface area contributed by atoms with Gasteiger partial charge in [0.2, 0.25) is 0 Å². The van der Waals surface area contributed by atoms with E-state index in [1.165, 1.54) is 18.2 Å². The van der Waals surface area contributed by atoms with Crippen molar-refractivity contribution in [2.75, 3.05) is 13.1 Å². The minimum atomic E-state index is -1.11. The summed E-state index contributed by atoms with van der Waals surface area (Å²) in [5.41, 5.74) is 8.38. The molecule has 0 aromatic heterocycles. The number of carboxylic acids is 1. The molecular formula is C10H11FN4O2. The Morgan fingerprint density at radius 2 is 2.41 bits per heavy atom. The molecule has 90 valence electrons. The summed E-state index contributed by atoms with van der Waals surface area (Å²) in [6, 6.07) is 4.33. The third-order valence-corrected chi connectivity index (χ3v) is 2.05. The highest BCUT2D eigenvalue weighted by Gasteiger charge is 2.18. The highest BCUT2D eigenvalue weighted by atomic mass is 19.1. The van der Waals surface area contributed by atoms with Crippen LogP contribution in [0.15, 0.2) is 29.4 Å². The molecule has 7 heteroatoms. The van der Waals surface area contributed by atoms with Crippen LogP contribution in [-0.2, 0) is 4.79 Å². The van der Waals surface area contributed by atoms with Crippen LogP contribution in [0, 0.1) is 5.82 Å². The number of aliphatic carboxylic acids is 1. The molecule has 1 aromatic carbocycles. The lowest BCUT2D eigenvalue weighted by Crippen LogP contribution is -2.30. The second kappa shape index (κ2) is 6.47. The van der Waals surface area contributed by atoms with Gasteiger partial charge in [-0.05, 0) is 23.2 Å². The van der Waals surface area contributed by atoms with Crippen LogP contribution in [0.25, 0.3) is 10.4 Å². The van der Waals surface area contributed by atoms with Crippen LogP contribution in [0.4, 0.5) is 4.39 Å². The van der Waals surface area contributed by atoms with E-state index in [9.17, 15) is 9.18 Å². The zero-order valence-electron chi connectivity index (χ0n) is 8.88. The molecule has 1 unspecified atom stereocenters. The van der Waals surface area contributed by atoms with Crippen molar-refractivity contribution in [3.63, 3.8) is 0 Å². The molecule has 0 heterocycles. The Morgan fingerprint density at radius 1 is 1.65 bits per heavy atom. The third kappa shape index (κ3) is 4.10. The number of nitrogens with one attached hydrogen (secondary N) is 1. The van der Waals surface area contributed by atoms with Gasteiger partial charge in [0.15, 0.2) is 0 Å². The quantitative estimate of drug-likeness (QED) is 0.342. The number of carboxylic acid groups (broad SMARTS) is 1. The van der Waals surface area contributed by atoms with Gasteiger partial charge < -0.3 is 10.4 Å². The van der Waals surface area contributed by atoms with Crippen molar-refractivity contribution < 1.29 is 14.3 Å². The van der Waals surface area contributed by atoms with Crippen LogP contribution >= 0.6 is 0 Å². The fourth-order valence-corrected chi connectivity index (χ4v) is 1.34. The van der Waals surface area contributed by atoms with Crippen molar-refractivity contribution in [3.05, 3.63) is 46.1 Å². The zero-order valence-corrected chi connectivity index (χ0v) is 8.88. The van der Waals surface area contributed by atoms with Gasteiger partial charge in [-0.3, -0.25) is 4.79 Å². The number of rotatable bonds is 6. The van der Waals surface area contributed by atoms with Crippen LogP contribution in [0.1, 0.15) is 11.6 Å². The van der Waals surface area contributed by atoms with Crippen molar-refractivity contribution in [1.29, 1.82) is 0 Å². The van der Waals surface area contributed by atoms with Gasteiger partial charge in [-0.1, -0.05) is 17.2 Å². The number of halogens is 1. The predicted molar refractivity (Wildman–Crippen MR) is 58.8 cm³/mol. The summed E-state index contributed by atoms with van der Waals surface area (Å²) in [6.45, 7) is 0.340. The summed E-state index contributed by atoms with van der Waals surface area (Å²) in [6.07, 6.45) is 0. The molecule has 6 nitrogen and oxygen atoms in total. The summed E-state index contributed by atoms with van der Waals surface area (Å²) >= 11 is 0. The summed E-state index contributed by atoms with van der Waals surface area (Å²) in [7, 11) is 0. The van der Waals surface area contributed by atoms with E-state index in [1.54, 1.807) is 0 Å². The molecule has 1 rings (SSSR count). The highest BCUT2D eigenvalue weighted by Crippen LogP contribution is 2.14. The summed E-state index contributed by atoms with van der Waals surface area (Å²) < 4.78 is 12.9. The standard InChI is InChI=1S/C10H11FN4O2/c11-8-3-1-2-7(6-8)9(10(16)17)13-4-5-14-15-12/h1-3,6,9,13H,4-5H2,(H,16,17). The maximum Gasteiger partial charge on any atom is 0.325 e. The first-order valence-electron chi connectivity index (χ1n) is 4.87. The van der Waals surface area contributed by atoms with Crippen molar-refractivity contribution in [2.24, 2.45) is 5.11 Å². The smallest absolute Gasteiger partial charge is 0.325 e. The molecule has 0 aliphatic carbocycles. The number of benzene rings is 1. The summed E-state index contributed by atoms with van der Waals surface area (Å²) in [4.78, 5) is 13.5. The van der Waals surface area contributed by atoms with Crippen LogP contribution in [0.3, 0.4) is 0 Å². The molecule has 0 saturated carbocycles. The highest BCUT2D eigenvalue weighted by molar-refractivity contribution is 5.75. The van der Waals surface area contributed by atoms with Crippen LogP contribution in [-0.4, -0.2) is 24.2 Å². The predicted octanol–water partition coefficient (Wildman–Crippen LogP) is 1.85. The molecular weight excluding hydrogens is 227 g/mol. The first kappa shape index (κ1) is 13.0. The number of hydrogen-bond donors (Lipinski definition) is 2. The maximum absolute atomic E-state index is 12.9. The molecule has 0 spiro atoms. The van der Waals surface area contributed by atoms with Crippen molar-refractivity contribution in [2.45, 2.75) is 6.04 Å².